The fraction of sp³-hybridized carbons (Fsp3) is 0.778. The first-order valence-electron chi connectivity index (χ1n) is 12.6. The average molecular weight is 432 g/mol. The van der Waals surface area contributed by atoms with Gasteiger partial charge in [0.1, 0.15) is 6.54 Å². The van der Waals surface area contributed by atoms with Gasteiger partial charge in [0, 0.05) is 19.3 Å². The van der Waals surface area contributed by atoms with Gasteiger partial charge >= 0.3 is 5.97 Å². The molecule has 0 bridgehead atoms. The summed E-state index contributed by atoms with van der Waals surface area (Å²) in [7, 11) is 0. The van der Waals surface area contributed by atoms with Crippen molar-refractivity contribution in [2.45, 2.75) is 129 Å². The van der Waals surface area contributed by atoms with Gasteiger partial charge in [-0.05, 0) is 31.1 Å². The lowest BCUT2D eigenvalue weighted by molar-refractivity contribution is -0.137. The molecule has 0 heterocycles. The normalized spacial score (nSPS) is 9.97. The number of amides is 1. The Morgan fingerprint density at radius 2 is 1.06 bits per heavy atom. The minimum atomic E-state index is -1.00. The second-order valence-electron chi connectivity index (χ2n) is 8.33. The first-order valence-corrected chi connectivity index (χ1v) is 12.6. The standard InChI is InChI=1S/C27H45NO3/c1-2-3-4-5-6-7-8-9-10-11-12-13-14-15-16-17-18-19-20-21-22-23-24-26(29)28-25-27(30)31/h2-12,17-25H2,1H3,(H,28,29)(H,30,31). The van der Waals surface area contributed by atoms with Crippen molar-refractivity contribution >= 4 is 11.9 Å². The second kappa shape index (κ2) is 24.3. The summed E-state index contributed by atoms with van der Waals surface area (Å²) in [6.45, 7) is 1.98. The van der Waals surface area contributed by atoms with Gasteiger partial charge in [-0.25, -0.2) is 0 Å². The topological polar surface area (TPSA) is 66.4 Å². The Balaban J connectivity index is 3.32. The molecule has 1 amide bonds. The van der Waals surface area contributed by atoms with Crippen LogP contribution in [0.1, 0.15) is 129 Å². The molecule has 0 aliphatic rings. The molecule has 176 valence electrons. The summed E-state index contributed by atoms with van der Waals surface area (Å²) < 4.78 is 0. The van der Waals surface area contributed by atoms with Crippen molar-refractivity contribution in [3.05, 3.63) is 0 Å². The van der Waals surface area contributed by atoms with Gasteiger partial charge in [0.2, 0.25) is 5.91 Å². The monoisotopic (exact) mass is 431 g/mol. The fourth-order valence-electron chi connectivity index (χ4n) is 3.38. The molecular weight excluding hydrogens is 386 g/mol. The summed E-state index contributed by atoms with van der Waals surface area (Å²) in [4.78, 5) is 21.7. The SMILES string of the molecule is CCCCCCCCCCCCC#CC#CCCCCCCCCC(=O)NCC(=O)O. The van der Waals surface area contributed by atoms with E-state index in [1.54, 1.807) is 0 Å². The van der Waals surface area contributed by atoms with Gasteiger partial charge < -0.3 is 10.4 Å². The lowest BCUT2D eigenvalue weighted by Gasteiger charge is -2.02. The zero-order valence-electron chi connectivity index (χ0n) is 19.9. The van der Waals surface area contributed by atoms with Gasteiger partial charge in [0.15, 0.2) is 0 Å². The lowest BCUT2D eigenvalue weighted by atomic mass is 10.1. The third kappa shape index (κ3) is 26.0. The molecule has 0 rings (SSSR count). The smallest absolute Gasteiger partial charge is 0.322 e. The number of nitrogens with one attached hydrogen (secondary N) is 1. The maximum absolute atomic E-state index is 11.4. The van der Waals surface area contributed by atoms with Crippen LogP contribution in [0.25, 0.3) is 0 Å². The maximum Gasteiger partial charge on any atom is 0.322 e. The number of carbonyl (C=O) groups is 2. The van der Waals surface area contributed by atoms with Crippen molar-refractivity contribution in [3.8, 4) is 23.7 Å². The summed E-state index contributed by atoms with van der Waals surface area (Å²) in [5, 5.41) is 10.9. The molecule has 0 saturated heterocycles. The molecule has 0 aliphatic carbocycles. The van der Waals surface area contributed by atoms with E-state index in [1.165, 1.54) is 64.2 Å². The van der Waals surface area contributed by atoms with Crippen LogP contribution in [0.5, 0.6) is 0 Å². The first-order chi connectivity index (χ1) is 15.2. The molecule has 0 saturated carbocycles. The van der Waals surface area contributed by atoms with Crippen LogP contribution in [0.15, 0.2) is 0 Å². The van der Waals surface area contributed by atoms with E-state index in [9.17, 15) is 9.59 Å². The van der Waals surface area contributed by atoms with E-state index in [-0.39, 0.29) is 12.5 Å². The number of carboxylic acid groups (broad SMARTS) is 1. The quantitative estimate of drug-likeness (QED) is 0.168. The molecule has 0 aromatic heterocycles. The molecule has 0 aromatic rings. The van der Waals surface area contributed by atoms with Crippen LogP contribution in [0.2, 0.25) is 0 Å². The summed E-state index contributed by atoms with van der Waals surface area (Å²) in [6.07, 6.45) is 22.2. The molecule has 0 spiro atoms. The minimum absolute atomic E-state index is 0.174. The Hall–Kier alpha value is -1.94. The highest BCUT2D eigenvalue weighted by molar-refractivity contribution is 5.80. The summed E-state index contributed by atoms with van der Waals surface area (Å²) >= 11 is 0. The molecule has 0 unspecified atom stereocenters. The number of carboxylic acids is 1. The van der Waals surface area contributed by atoms with Crippen LogP contribution >= 0.6 is 0 Å². The fourth-order valence-corrected chi connectivity index (χ4v) is 3.38. The summed E-state index contributed by atoms with van der Waals surface area (Å²) in [6, 6.07) is 0. The van der Waals surface area contributed by atoms with Gasteiger partial charge in [-0.2, -0.15) is 0 Å². The number of aliphatic carboxylic acids is 1. The summed E-state index contributed by atoms with van der Waals surface area (Å²) in [5.74, 6) is 11.1. The van der Waals surface area contributed by atoms with Gasteiger partial charge in [-0.1, -0.05) is 102 Å². The molecule has 0 fully saturated rings. The Morgan fingerprint density at radius 1 is 0.645 bits per heavy atom. The van der Waals surface area contributed by atoms with E-state index >= 15 is 0 Å². The van der Waals surface area contributed by atoms with E-state index in [0.29, 0.717) is 6.42 Å². The lowest BCUT2D eigenvalue weighted by Crippen LogP contribution is -2.28. The Labute approximate surface area is 191 Å². The van der Waals surface area contributed by atoms with Crippen LogP contribution in [-0.4, -0.2) is 23.5 Å². The van der Waals surface area contributed by atoms with Crippen molar-refractivity contribution in [1.82, 2.24) is 5.32 Å². The van der Waals surface area contributed by atoms with E-state index in [4.69, 9.17) is 5.11 Å². The third-order valence-corrected chi connectivity index (χ3v) is 5.29. The molecule has 4 heteroatoms. The predicted molar refractivity (Wildman–Crippen MR) is 130 cm³/mol. The average Bonchev–Trinajstić information content (AvgIpc) is 2.75. The van der Waals surface area contributed by atoms with E-state index in [0.717, 1.165) is 51.4 Å². The van der Waals surface area contributed by atoms with Crippen molar-refractivity contribution in [2.75, 3.05) is 6.54 Å². The van der Waals surface area contributed by atoms with Crippen LogP contribution in [0.3, 0.4) is 0 Å². The van der Waals surface area contributed by atoms with E-state index < -0.39 is 5.97 Å². The van der Waals surface area contributed by atoms with Crippen LogP contribution in [0, 0.1) is 23.7 Å². The number of carbonyl (C=O) groups excluding carboxylic acids is 1. The Kier molecular flexibility index (Phi) is 22.8. The van der Waals surface area contributed by atoms with Crippen molar-refractivity contribution in [3.63, 3.8) is 0 Å². The maximum atomic E-state index is 11.4. The molecule has 2 N–H and O–H groups in total. The van der Waals surface area contributed by atoms with E-state index in [2.05, 4.69) is 35.9 Å². The Bertz CT molecular complexity index is 563. The highest BCUT2D eigenvalue weighted by Crippen LogP contribution is 2.11. The highest BCUT2D eigenvalue weighted by atomic mass is 16.4. The van der Waals surface area contributed by atoms with Crippen molar-refractivity contribution in [1.29, 1.82) is 0 Å². The predicted octanol–water partition coefficient (Wildman–Crippen LogP) is 6.63. The van der Waals surface area contributed by atoms with Gasteiger partial charge in [0.25, 0.3) is 0 Å². The van der Waals surface area contributed by atoms with Gasteiger partial charge in [-0.15, -0.1) is 0 Å². The van der Waals surface area contributed by atoms with Crippen LogP contribution in [-0.2, 0) is 9.59 Å². The molecule has 0 atom stereocenters. The molecule has 0 aromatic carbocycles. The summed E-state index contributed by atoms with van der Waals surface area (Å²) in [5.41, 5.74) is 0. The minimum Gasteiger partial charge on any atom is -0.480 e. The van der Waals surface area contributed by atoms with Crippen LogP contribution in [0.4, 0.5) is 0 Å². The number of rotatable bonds is 20. The molecule has 0 aliphatic heterocycles. The highest BCUT2D eigenvalue weighted by Gasteiger charge is 2.03. The molecule has 0 radical (unpaired) electrons. The van der Waals surface area contributed by atoms with E-state index in [1.807, 2.05) is 0 Å². The van der Waals surface area contributed by atoms with Gasteiger partial charge in [-0.3, -0.25) is 9.59 Å². The number of hydrogen-bond donors (Lipinski definition) is 2. The zero-order chi connectivity index (χ0) is 22.8. The largest absolute Gasteiger partial charge is 0.480 e. The number of hydrogen-bond acceptors (Lipinski definition) is 2. The molecular formula is C27H45NO3. The zero-order valence-corrected chi connectivity index (χ0v) is 19.9. The number of unbranched alkanes of at least 4 members (excludes halogenated alkanes) is 16. The van der Waals surface area contributed by atoms with Gasteiger partial charge in [0.05, 0.1) is 0 Å². The second-order valence-corrected chi connectivity index (χ2v) is 8.33. The Morgan fingerprint density at radius 3 is 1.52 bits per heavy atom. The molecule has 4 nitrogen and oxygen atoms in total. The first kappa shape index (κ1) is 29.1. The van der Waals surface area contributed by atoms with Crippen LogP contribution < -0.4 is 5.32 Å². The third-order valence-electron chi connectivity index (χ3n) is 5.29. The van der Waals surface area contributed by atoms with Crippen molar-refractivity contribution < 1.29 is 14.7 Å². The van der Waals surface area contributed by atoms with Crippen molar-refractivity contribution in [2.24, 2.45) is 0 Å². The molecule has 31 heavy (non-hydrogen) atoms.